The fourth-order valence-corrected chi connectivity index (χ4v) is 0.941. The molecule has 6 heteroatoms. The molecule has 0 radical (unpaired) electrons. The molecule has 0 heterocycles. The quantitative estimate of drug-likeness (QED) is 0.241. The summed E-state index contributed by atoms with van der Waals surface area (Å²) in [6.07, 6.45) is 1.36. The summed E-state index contributed by atoms with van der Waals surface area (Å²) in [5.41, 5.74) is 0.496. The second kappa shape index (κ2) is 4.72. The van der Waals surface area contributed by atoms with Crippen molar-refractivity contribution in [1.29, 1.82) is 5.26 Å². The number of ether oxygens (including phenoxy) is 1. The van der Waals surface area contributed by atoms with E-state index in [0.29, 0.717) is 5.56 Å². The number of carbonyl (C=O) groups excluding carboxylic acids is 1. The minimum Gasteiger partial charge on any atom is -0.593 e. The van der Waals surface area contributed by atoms with Crippen molar-refractivity contribution < 1.29 is 14.4 Å². The predicted molar refractivity (Wildman–Crippen MR) is 49.1 cm³/mol. The Labute approximate surface area is 85.6 Å². The van der Waals surface area contributed by atoms with Gasteiger partial charge in [-0.25, -0.2) is 4.79 Å². The van der Waals surface area contributed by atoms with Crippen LogP contribution in [0.25, 0.3) is 0 Å². The zero-order chi connectivity index (χ0) is 11.3. The maximum atomic E-state index is 11.0. The number of azo groups is 1. The van der Waals surface area contributed by atoms with Crippen LogP contribution < -0.4 is 0 Å². The van der Waals surface area contributed by atoms with Crippen molar-refractivity contribution in [2.45, 2.75) is 0 Å². The number of rotatable bonds is 2. The molecule has 0 spiro atoms. The van der Waals surface area contributed by atoms with Crippen LogP contribution in [0.4, 0.5) is 5.69 Å². The molecule has 6 nitrogen and oxygen atoms in total. The predicted octanol–water partition coefficient (Wildman–Crippen LogP) is 1.55. The molecule has 15 heavy (non-hydrogen) atoms. The molecule has 0 unspecified atom stereocenters. The molecule has 76 valence electrons. The van der Waals surface area contributed by atoms with Gasteiger partial charge in [-0.3, -0.25) is 0 Å². The molecule has 0 N–H and O–H groups in total. The Balaban J connectivity index is 2.96. The minimum absolute atomic E-state index is 0.168. The Hall–Kier alpha value is -2.42. The first-order valence-corrected chi connectivity index (χ1v) is 3.94. The van der Waals surface area contributed by atoms with Crippen LogP contribution in [0.15, 0.2) is 29.4 Å². The molecule has 0 aromatic heterocycles. The molecule has 0 saturated heterocycles. The van der Waals surface area contributed by atoms with E-state index in [1.807, 2.05) is 0 Å². The van der Waals surface area contributed by atoms with Crippen molar-refractivity contribution >= 4 is 11.7 Å². The summed E-state index contributed by atoms with van der Waals surface area (Å²) in [6.45, 7) is 0. The van der Waals surface area contributed by atoms with E-state index >= 15 is 0 Å². The van der Waals surface area contributed by atoms with E-state index in [-0.39, 0.29) is 10.5 Å². The molecule has 0 aliphatic rings. The number of methoxy groups -OCH3 is 1. The van der Waals surface area contributed by atoms with Crippen LogP contribution in [0.2, 0.25) is 0 Å². The summed E-state index contributed by atoms with van der Waals surface area (Å²) < 4.78 is 4.48. The van der Waals surface area contributed by atoms with Gasteiger partial charge in [0.15, 0.2) is 0 Å². The molecular weight excluding hydrogens is 198 g/mol. The molecule has 1 rings (SSSR count). The number of hydrogen-bond acceptors (Lipinski definition) is 5. The van der Waals surface area contributed by atoms with Crippen LogP contribution in [0, 0.1) is 16.7 Å². The van der Waals surface area contributed by atoms with Crippen molar-refractivity contribution in [3.63, 3.8) is 0 Å². The molecule has 0 amide bonds. The first-order valence-electron chi connectivity index (χ1n) is 3.94. The van der Waals surface area contributed by atoms with E-state index in [2.05, 4.69) is 9.85 Å². The standard InChI is InChI=1S/C9H7N3O3/c1-15-9(13)7-2-4-8(5-3-7)12(14)11-6-10/h2-5H,1H3. The molecule has 0 aliphatic carbocycles. The van der Waals surface area contributed by atoms with E-state index < -0.39 is 5.97 Å². The zero-order valence-electron chi connectivity index (χ0n) is 7.88. The summed E-state index contributed by atoms with van der Waals surface area (Å²) in [4.78, 5) is 11.2. The first kappa shape index (κ1) is 10.7. The highest BCUT2D eigenvalue weighted by Gasteiger charge is 2.07. The van der Waals surface area contributed by atoms with Gasteiger partial charge in [-0.05, 0) is 17.0 Å². The number of hydrogen-bond donors (Lipinski definition) is 0. The lowest BCUT2D eigenvalue weighted by Crippen LogP contribution is -2.00. The van der Waals surface area contributed by atoms with E-state index in [0.717, 1.165) is 0 Å². The highest BCUT2D eigenvalue weighted by Crippen LogP contribution is 2.13. The van der Waals surface area contributed by atoms with Crippen LogP contribution in [-0.2, 0) is 4.74 Å². The largest absolute Gasteiger partial charge is 0.593 e. The Morgan fingerprint density at radius 3 is 2.60 bits per heavy atom. The third-order valence-electron chi connectivity index (χ3n) is 1.64. The first-order chi connectivity index (χ1) is 7.19. The lowest BCUT2D eigenvalue weighted by molar-refractivity contribution is -0.435. The summed E-state index contributed by atoms with van der Waals surface area (Å²) >= 11 is 0. The third-order valence-corrected chi connectivity index (χ3v) is 1.64. The second-order valence-corrected chi connectivity index (χ2v) is 2.51. The van der Waals surface area contributed by atoms with E-state index in [1.165, 1.54) is 37.6 Å². The van der Waals surface area contributed by atoms with Gasteiger partial charge in [0.05, 0.1) is 17.8 Å². The molecule has 0 saturated carbocycles. The van der Waals surface area contributed by atoms with Crippen LogP contribution in [0.5, 0.6) is 0 Å². The monoisotopic (exact) mass is 205 g/mol. The van der Waals surface area contributed by atoms with Gasteiger partial charge >= 0.3 is 5.97 Å². The molecular formula is C9H7N3O3. The van der Waals surface area contributed by atoms with Crippen molar-refractivity contribution in [3.05, 3.63) is 35.0 Å². The minimum atomic E-state index is -0.490. The summed E-state index contributed by atoms with van der Waals surface area (Å²) in [6, 6.07) is 5.58. The van der Waals surface area contributed by atoms with Crippen molar-refractivity contribution in [2.75, 3.05) is 7.11 Å². The van der Waals surface area contributed by atoms with Crippen LogP contribution in [-0.4, -0.2) is 17.9 Å². The molecule has 0 bridgehead atoms. The Morgan fingerprint density at radius 2 is 2.13 bits per heavy atom. The lowest BCUT2D eigenvalue weighted by atomic mass is 10.2. The summed E-state index contributed by atoms with van der Waals surface area (Å²) in [7, 11) is 1.27. The average Bonchev–Trinajstić information content (AvgIpc) is 2.28. The van der Waals surface area contributed by atoms with Gasteiger partial charge in [0.1, 0.15) is 0 Å². The second-order valence-electron chi connectivity index (χ2n) is 2.51. The molecule has 1 aromatic rings. The SMILES string of the molecule is COC(=O)c1ccc([N+]([O-])=NC#N)cc1. The van der Waals surface area contributed by atoms with E-state index in [1.54, 1.807) is 0 Å². The van der Waals surface area contributed by atoms with Gasteiger partial charge < -0.3 is 9.94 Å². The Kier molecular flexibility index (Phi) is 3.35. The van der Waals surface area contributed by atoms with E-state index in [9.17, 15) is 10.0 Å². The van der Waals surface area contributed by atoms with Crippen LogP contribution in [0.1, 0.15) is 10.4 Å². The van der Waals surface area contributed by atoms with Gasteiger partial charge in [0.2, 0.25) is 5.69 Å². The van der Waals surface area contributed by atoms with Gasteiger partial charge in [-0.2, -0.15) is 5.26 Å². The highest BCUT2D eigenvalue weighted by molar-refractivity contribution is 5.89. The normalized spacial score (nSPS) is 10.5. The third kappa shape index (κ3) is 2.51. The summed E-state index contributed by atoms with van der Waals surface area (Å²) in [5, 5.41) is 22.1. The van der Waals surface area contributed by atoms with E-state index in [4.69, 9.17) is 5.26 Å². The van der Waals surface area contributed by atoms with Crippen molar-refractivity contribution in [2.24, 2.45) is 5.11 Å². The molecule has 0 atom stereocenters. The van der Waals surface area contributed by atoms with Crippen LogP contribution in [0.3, 0.4) is 0 Å². The Bertz CT molecular complexity index is 431. The van der Waals surface area contributed by atoms with Crippen molar-refractivity contribution in [3.8, 4) is 6.19 Å². The zero-order valence-corrected chi connectivity index (χ0v) is 7.88. The Morgan fingerprint density at radius 1 is 1.53 bits per heavy atom. The highest BCUT2D eigenvalue weighted by atomic mass is 16.5. The fraction of sp³-hybridized carbons (Fsp3) is 0.111. The van der Waals surface area contributed by atoms with Gasteiger partial charge in [0, 0.05) is 12.1 Å². The number of nitriles is 1. The maximum absolute atomic E-state index is 11.0. The number of nitrogens with zero attached hydrogens (tertiary/aromatic N) is 3. The van der Waals surface area contributed by atoms with Gasteiger partial charge in [-0.1, -0.05) is 0 Å². The maximum Gasteiger partial charge on any atom is 0.337 e. The number of benzene rings is 1. The van der Waals surface area contributed by atoms with Crippen LogP contribution >= 0.6 is 0 Å². The lowest BCUT2D eigenvalue weighted by Gasteiger charge is -1.99. The van der Waals surface area contributed by atoms with Crippen molar-refractivity contribution in [1.82, 2.24) is 0 Å². The fourth-order valence-electron chi connectivity index (χ4n) is 0.941. The topological polar surface area (TPSA) is 88.5 Å². The number of carbonyl (C=O) groups is 1. The molecule has 1 aromatic carbocycles. The summed E-state index contributed by atoms with van der Waals surface area (Å²) in [5.74, 6) is -0.490. The number of esters is 1. The van der Waals surface area contributed by atoms with Gasteiger partial charge in [-0.15, -0.1) is 0 Å². The smallest absolute Gasteiger partial charge is 0.337 e. The average molecular weight is 205 g/mol. The molecule has 0 fully saturated rings. The molecule has 0 aliphatic heterocycles. The van der Waals surface area contributed by atoms with Gasteiger partial charge in [0.25, 0.3) is 6.19 Å².